The number of imide groups is 1. The van der Waals surface area contributed by atoms with E-state index in [4.69, 9.17) is 0 Å². The van der Waals surface area contributed by atoms with E-state index in [1.807, 2.05) is 0 Å². The van der Waals surface area contributed by atoms with Gasteiger partial charge in [0.2, 0.25) is 0 Å². The van der Waals surface area contributed by atoms with Crippen LogP contribution in [0.3, 0.4) is 0 Å². The van der Waals surface area contributed by atoms with E-state index in [-0.39, 0.29) is 11.8 Å². The third-order valence-electron chi connectivity index (χ3n) is 6.93. The highest BCUT2D eigenvalue weighted by Crippen LogP contribution is 2.51. The molecular formula is C19H27NO2. The van der Waals surface area contributed by atoms with Gasteiger partial charge in [-0.1, -0.05) is 38.5 Å². The monoisotopic (exact) mass is 301 g/mol. The molecule has 3 nitrogen and oxygen atoms in total. The molecule has 4 rings (SSSR count). The van der Waals surface area contributed by atoms with Gasteiger partial charge in [-0.15, -0.1) is 0 Å². The normalized spacial score (nSPS) is 41.5. The Balaban J connectivity index is 1.46. The topological polar surface area (TPSA) is 37.4 Å². The zero-order chi connectivity index (χ0) is 15.1. The number of rotatable bonds is 2. The predicted octanol–water partition coefficient (Wildman–Crippen LogP) is 3.54. The number of carbonyl (C=O) groups excluding carboxylic acids is 2. The Hall–Kier alpha value is -1.12. The van der Waals surface area contributed by atoms with Crippen LogP contribution in [-0.4, -0.2) is 23.3 Å². The molecule has 0 saturated heterocycles. The Morgan fingerprint density at radius 3 is 2.18 bits per heavy atom. The SMILES string of the molecule is O=C1C=CC(=O)N1CC1CCCC2CC3CCCCC3CC21. The minimum absolute atomic E-state index is 0.0986. The van der Waals surface area contributed by atoms with Crippen LogP contribution < -0.4 is 0 Å². The van der Waals surface area contributed by atoms with Gasteiger partial charge in [-0.25, -0.2) is 0 Å². The minimum atomic E-state index is -0.0986. The van der Waals surface area contributed by atoms with Gasteiger partial charge < -0.3 is 0 Å². The van der Waals surface area contributed by atoms with Crippen molar-refractivity contribution < 1.29 is 9.59 Å². The van der Waals surface area contributed by atoms with Gasteiger partial charge in [0, 0.05) is 18.7 Å². The second kappa shape index (κ2) is 5.82. The van der Waals surface area contributed by atoms with Crippen molar-refractivity contribution in [2.75, 3.05) is 6.54 Å². The summed E-state index contributed by atoms with van der Waals surface area (Å²) in [6.45, 7) is 0.670. The van der Waals surface area contributed by atoms with E-state index < -0.39 is 0 Å². The summed E-state index contributed by atoms with van der Waals surface area (Å²) in [5.41, 5.74) is 0. The molecule has 22 heavy (non-hydrogen) atoms. The van der Waals surface area contributed by atoms with Crippen molar-refractivity contribution in [3.8, 4) is 0 Å². The minimum Gasteiger partial charge on any atom is -0.275 e. The first-order valence-corrected chi connectivity index (χ1v) is 9.26. The van der Waals surface area contributed by atoms with Crippen molar-refractivity contribution in [2.24, 2.45) is 29.6 Å². The molecule has 0 spiro atoms. The molecule has 4 aliphatic rings. The summed E-state index contributed by atoms with van der Waals surface area (Å²) < 4.78 is 0. The first-order valence-electron chi connectivity index (χ1n) is 9.26. The fraction of sp³-hybridized carbons (Fsp3) is 0.789. The molecule has 3 heteroatoms. The zero-order valence-electron chi connectivity index (χ0n) is 13.4. The van der Waals surface area contributed by atoms with Gasteiger partial charge >= 0.3 is 0 Å². The summed E-state index contributed by atoms with van der Waals surface area (Å²) in [5, 5.41) is 0. The Kier molecular flexibility index (Phi) is 3.83. The molecule has 0 N–H and O–H groups in total. The lowest BCUT2D eigenvalue weighted by atomic mass is 9.57. The molecule has 5 unspecified atom stereocenters. The van der Waals surface area contributed by atoms with Crippen molar-refractivity contribution in [3.05, 3.63) is 12.2 Å². The summed E-state index contributed by atoms with van der Waals surface area (Å²) in [6, 6.07) is 0. The molecule has 3 fully saturated rings. The van der Waals surface area contributed by atoms with E-state index in [1.54, 1.807) is 0 Å². The Labute approximate surface area is 133 Å². The molecule has 0 aromatic heterocycles. The molecule has 120 valence electrons. The maximum Gasteiger partial charge on any atom is 0.253 e. The lowest BCUT2D eigenvalue weighted by molar-refractivity contribution is -0.138. The highest BCUT2D eigenvalue weighted by molar-refractivity contribution is 6.12. The second-order valence-corrected chi connectivity index (χ2v) is 8.01. The van der Waals surface area contributed by atoms with Crippen LogP contribution in [0.15, 0.2) is 12.2 Å². The van der Waals surface area contributed by atoms with Gasteiger partial charge in [0.1, 0.15) is 0 Å². The predicted molar refractivity (Wildman–Crippen MR) is 84.9 cm³/mol. The Bertz CT molecular complexity index is 480. The van der Waals surface area contributed by atoms with E-state index >= 15 is 0 Å². The van der Waals surface area contributed by atoms with E-state index in [0.29, 0.717) is 12.5 Å². The van der Waals surface area contributed by atoms with Gasteiger partial charge in [0.15, 0.2) is 0 Å². The number of hydrogen-bond acceptors (Lipinski definition) is 2. The van der Waals surface area contributed by atoms with Crippen LogP contribution in [0.2, 0.25) is 0 Å². The average Bonchev–Trinajstić information content (AvgIpc) is 2.85. The van der Waals surface area contributed by atoms with Crippen LogP contribution in [0.25, 0.3) is 0 Å². The Morgan fingerprint density at radius 2 is 1.45 bits per heavy atom. The standard InChI is InChI=1S/C19H27NO2/c21-18-8-9-19(22)20(18)12-16-7-3-6-15-10-13-4-1-2-5-14(13)11-17(15)16/h8-9,13-17H,1-7,10-12H2. The highest BCUT2D eigenvalue weighted by Gasteiger charge is 2.43. The van der Waals surface area contributed by atoms with Crippen molar-refractivity contribution in [2.45, 2.75) is 57.8 Å². The largest absolute Gasteiger partial charge is 0.275 e. The zero-order valence-corrected chi connectivity index (χ0v) is 13.4. The summed E-state index contributed by atoms with van der Waals surface area (Å²) in [4.78, 5) is 25.2. The second-order valence-electron chi connectivity index (χ2n) is 8.01. The lowest BCUT2D eigenvalue weighted by Crippen LogP contribution is -2.44. The lowest BCUT2D eigenvalue weighted by Gasteiger charge is -2.49. The fourth-order valence-corrected chi connectivity index (χ4v) is 5.85. The average molecular weight is 301 g/mol. The highest BCUT2D eigenvalue weighted by atomic mass is 16.2. The summed E-state index contributed by atoms with van der Waals surface area (Å²) in [7, 11) is 0. The molecule has 0 radical (unpaired) electrons. The maximum atomic E-state index is 11.9. The molecule has 2 amide bonds. The smallest absolute Gasteiger partial charge is 0.253 e. The van der Waals surface area contributed by atoms with E-state index in [0.717, 1.165) is 23.7 Å². The maximum absolute atomic E-state index is 11.9. The molecule has 3 aliphatic carbocycles. The van der Waals surface area contributed by atoms with Gasteiger partial charge in [0.05, 0.1) is 0 Å². The van der Waals surface area contributed by atoms with Crippen LogP contribution >= 0.6 is 0 Å². The number of carbonyl (C=O) groups is 2. The first kappa shape index (κ1) is 14.5. The van der Waals surface area contributed by atoms with Gasteiger partial charge in [-0.2, -0.15) is 0 Å². The molecule has 0 aromatic carbocycles. The van der Waals surface area contributed by atoms with Crippen LogP contribution in [0.5, 0.6) is 0 Å². The number of nitrogens with zero attached hydrogens (tertiary/aromatic N) is 1. The van der Waals surface area contributed by atoms with Gasteiger partial charge in [-0.05, 0) is 48.9 Å². The van der Waals surface area contributed by atoms with Gasteiger partial charge in [0.25, 0.3) is 11.8 Å². The molecule has 5 atom stereocenters. The van der Waals surface area contributed by atoms with Crippen molar-refractivity contribution in [1.29, 1.82) is 0 Å². The van der Waals surface area contributed by atoms with E-state index in [1.165, 1.54) is 74.8 Å². The fourth-order valence-electron chi connectivity index (χ4n) is 5.85. The molecule has 1 aliphatic heterocycles. The van der Waals surface area contributed by atoms with Crippen LogP contribution in [0, 0.1) is 29.6 Å². The van der Waals surface area contributed by atoms with Crippen molar-refractivity contribution >= 4 is 11.8 Å². The molecular weight excluding hydrogens is 274 g/mol. The Morgan fingerprint density at radius 1 is 0.818 bits per heavy atom. The molecule has 0 aromatic rings. The van der Waals surface area contributed by atoms with Crippen LogP contribution in [-0.2, 0) is 9.59 Å². The quantitative estimate of drug-likeness (QED) is 0.732. The summed E-state index contributed by atoms with van der Waals surface area (Å²) >= 11 is 0. The first-order chi connectivity index (χ1) is 10.7. The third kappa shape index (κ3) is 2.53. The van der Waals surface area contributed by atoms with E-state index in [2.05, 4.69) is 0 Å². The third-order valence-corrected chi connectivity index (χ3v) is 6.93. The number of amides is 2. The van der Waals surface area contributed by atoms with Gasteiger partial charge in [-0.3, -0.25) is 14.5 Å². The van der Waals surface area contributed by atoms with Crippen LogP contribution in [0.1, 0.15) is 57.8 Å². The van der Waals surface area contributed by atoms with Crippen LogP contribution in [0.4, 0.5) is 0 Å². The molecule has 0 bridgehead atoms. The molecule has 1 heterocycles. The number of fused-ring (bicyclic) bond motifs is 2. The van der Waals surface area contributed by atoms with Crippen molar-refractivity contribution in [3.63, 3.8) is 0 Å². The number of hydrogen-bond donors (Lipinski definition) is 0. The van der Waals surface area contributed by atoms with Crippen molar-refractivity contribution in [1.82, 2.24) is 4.90 Å². The molecule has 3 saturated carbocycles. The van der Waals surface area contributed by atoms with E-state index in [9.17, 15) is 9.59 Å². The summed E-state index contributed by atoms with van der Waals surface area (Å²) in [5.74, 6) is 3.88. The summed E-state index contributed by atoms with van der Waals surface area (Å²) in [6.07, 6.45) is 15.2.